The van der Waals surface area contributed by atoms with Gasteiger partial charge in [0, 0.05) is 17.7 Å². The molecule has 1 saturated heterocycles. The lowest BCUT2D eigenvalue weighted by molar-refractivity contribution is 0.404. The molecule has 1 aliphatic heterocycles. The average molecular weight is 272 g/mol. The number of hydrogen-bond donors (Lipinski definition) is 2. The highest BCUT2D eigenvalue weighted by molar-refractivity contribution is 5.43. The third-order valence-electron chi connectivity index (χ3n) is 4.59. The van der Waals surface area contributed by atoms with Gasteiger partial charge in [-0.15, -0.1) is 0 Å². The van der Waals surface area contributed by atoms with Gasteiger partial charge in [-0.05, 0) is 45.1 Å². The molecule has 20 heavy (non-hydrogen) atoms. The van der Waals surface area contributed by atoms with E-state index in [1.165, 1.54) is 12.8 Å². The van der Waals surface area contributed by atoms with Gasteiger partial charge in [0.25, 0.3) is 5.56 Å². The van der Waals surface area contributed by atoms with Crippen molar-refractivity contribution in [2.75, 3.05) is 6.54 Å². The van der Waals surface area contributed by atoms with Crippen LogP contribution in [0.3, 0.4) is 0 Å². The first kappa shape index (κ1) is 12.1. The molecule has 0 radical (unpaired) electrons. The van der Waals surface area contributed by atoms with Crippen molar-refractivity contribution in [3.8, 4) is 0 Å². The Morgan fingerprint density at radius 2 is 2.10 bits per heavy atom. The van der Waals surface area contributed by atoms with Gasteiger partial charge >= 0.3 is 0 Å². The molecule has 1 unspecified atom stereocenters. The molecule has 2 N–H and O–H groups in total. The number of H-pyrrole nitrogens is 1. The van der Waals surface area contributed by atoms with Crippen molar-refractivity contribution in [1.82, 2.24) is 19.9 Å². The van der Waals surface area contributed by atoms with Crippen LogP contribution in [0.1, 0.15) is 55.1 Å². The second-order valence-corrected chi connectivity index (χ2v) is 5.96. The summed E-state index contributed by atoms with van der Waals surface area (Å²) < 4.78 is 1.63. The third-order valence-corrected chi connectivity index (χ3v) is 4.59. The largest absolute Gasteiger partial charge is 0.309 e. The van der Waals surface area contributed by atoms with Crippen LogP contribution in [0.15, 0.2) is 10.9 Å². The van der Waals surface area contributed by atoms with Gasteiger partial charge in [-0.25, -0.2) is 9.50 Å². The number of fused-ring (bicyclic) bond motifs is 2. The highest BCUT2D eigenvalue weighted by Gasteiger charge is 2.21. The Morgan fingerprint density at radius 3 is 2.95 bits per heavy atom. The molecule has 5 heteroatoms. The summed E-state index contributed by atoms with van der Waals surface area (Å²) in [6.07, 6.45) is 7.69. The maximum absolute atomic E-state index is 12.5. The number of rotatable bonds is 1. The Kier molecular flexibility index (Phi) is 2.88. The highest BCUT2D eigenvalue weighted by Crippen LogP contribution is 2.23. The van der Waals surface area contributed by atoms with Crippen LogP contribution in [0, 0.1) is 0 Å². The average Bonchev–Trinajstić information content (AvgIpc) is 2.93. The van der Waals surface area contributed by atoms with Gasteiger partial charge in [0.15, 0.2) is 5.65 Å². The van der Waals surface area contributed by atoms with E-state index in [1.54, 1.807) is 4.52 Å². The topological polar surface area (TPSA) is 62.2 Å². The summed E-state index contributed by atoms with van der Waals surface area (Å²) >= 11 is 0. The molecule has 0 bridgehead atoms. The highest BCUT2D eigenvalue weighted by atomic mass is 16.1. The molecule has 106 valence electrons. The molecular weight excluding hydrogens is 252 g/mol. The van der Waals surface area contributed by atoms with Crippen LogP contribution >= 0.6 is 0 Å². The molecule has 2 aromatic heterocycles. The van der Waals surface area contributed by atoms with Gasteiger partial charge in [-0.1, -0.05) is 6.42 Å². The lowest BCUT2D eigenvalue weighted by atomic mass is 9.97. The summed E-state index contributed by atoms with van der Waals surface area (Å²) in [5.41, 5.74) is 3.91. The fraction of sp³-hybridized carbons (Fsp3) is 0.600. The van der Waals surface area contributed by atoms with Crippen molar-refractivity contribution in [3.05, 3.63) is 33.4 Å². The number of aromatic amines is 1. The second-order valence-electron chi connectivity index (χ2n) is 5.96. The first-order chi connectivity index (χ1) is 9.83. The summed E-state index contributed by atoms with van der Waals surface area (Å²) in [5.74, 6) is 0. The van der Waals surface area contributed by atoms with Gasteiger partial charge in [0.2, 0.25) is 0 Å². The Balaban J connectivity index is 1.82. The smallest absolute Gasteiger partial charge is 0.276 e. The first-order valence-corrected chi connectivity index (χ1v) is 7.70. The van der Waals surface area contributed by atoms with Crippen LogP contribution in [-0.4, -0.2) is 21.1 Å². The molecule has 5 nitrogen and oxygen atoms in total. The minimum atomic E-state index is 0.103. The summed E-state index contributed by atoms with van der Waals surface area (Å²) in [6.45, 7) is 1.05. The van der Waals surface area contributed by atoms with Crippen molar-refractivity contribution in [2.24, 2.45) is 0 Å². The first-order valence-electron chi connectivity index (χ1n) is 7.70. The molecule has 0 aromatic carbocycles. The Hall–Kier alpha value is -1.62. The van der Waals surface area contributed by atoms with E-state index < -0.39 is 0 Å². The zero-order valence-electron chi connectivity index (χ0n) is 11.6. The molecule has 2 aliphatic rings. The molecule has 3 heterocycles. The summed E-state index contributed by atoms with van der Waals surface area (Å²) in [6, 6.07) is 2.38. The number of aromatic nitrogens is 3. The SMILES string of the molecule is O=c1c2c(nc3cc(C4CCCCN4)[nH]n13)CCCC2. The van der Waals surface area contributed by atoms with Gasteiger partial charge in [-0.2, -0.15) is 0 Å². The molecule has 0 spiro atoms. The van der Waals surface area contributed by atoms with Crippen LogP contribution < -0.4 is 10.9 Å². The van der Waals surface area contributed by atoms with Crippen molar-refractivity contribution < 1.29 is 0 Å². The summed E-state index contributed by atoms with van der Waals surface area (Å²) in [4.78, 5) is 17.2. The number of aryl methyl sites for hydroxylation is 1. The van der Waals surface area contributed by atoms with E-state index in [2.05, 4.69) is 10.4 Å². The minimum Gasteiger partial charge on any atom is -0.309 e. The second kappa shape index (κ2) is 4.74. The Bertz CT molecular complexity index is 694. The minimum absolute atomic E-state index is 0.103. The van der Waals surface area contributed by atoms with Crippen molar-refractivity contribution in [3.63, 3.8) is 0 Å². The maximum Gasteiger partial charge on any atom is 0.276 e. The van der Waals surface area contributed by atoms with Crippen LogP contribution in [0.4, 0.5) is 0 Å². The van der Waals surface area contributed by atoms with Crippen LogP contribution in [0.2, 0.25) is 0 Å². The molecule has 1 atom stereocenters. The fourth-order valence-corrected chi connectivity index (χ4v) is 3.47. The molecule has 2 aromatic rings. The number of nitrogens with zero attached hydrogens (tertiary/aromatic N) is 2. The monoisotopic (exact) mass is 272 g/mol. The van der Waals surface area contributed by atoms with Crippen molar-refractivity contribution in [1.29, 1.82) is 0 Å². The van der Waals surface area contributed by atoms with E-state index >= 15 is 0 Å². The zero-order chi connectivity index (χ0) is 13.5. The van der Waals surface area contributed by atoms with E-state index in [0.29, 0.717) is 6.04 Å². The third kappa shape index (κ3) is 1.88. The molecule has 0 saturated carbocycles. The van der Waals surface area contributed by atoms with Crippen LogP contribution in [-0.2, 0) is 12.8 Å². The summed E-state index contributed by atoms with van der Waals surface area (Å²) in [7, 11) is 0. The van der Waals surface area contributed by atoms with Gasteiger partial charge in [0.05, 0.1) is 11.4 Å². The van der Waals surface area contributed by atoms with Crippen LogP contribution in [0.25, 0.3) is 5.65 Å². The van der Waals surface area contributed by atoms with Gasteiger partial charge < -0.3 is 5.32 Å². The molecule has 4 rings (SSSR count). The standard InChI is InChI=1S/C15H20N4O/c20-15-10-5-1-2-6-11(10)17-14-9-13(18-19(14)15)12-7-3-4-8-16-12/h9,12,16,18H,1-8H2. The molecule has 0 amide bonds. The number of hydrogen-bond acceptors (Lipinski definition) is 3. The molecule has 1 aliphatic carbocycles. The Morgan fingerprint density at radius 1 is 1.20 bits per heavy atom. The lowest BCUT2D eigenvalue weighted by Gasteiger charge is -2.21. The number of piperidine rings is 1. The Labute approximate surface area is 117 Å². The molecular formula is C15H20N4O. The van der Waals surface area contributed by atoms with E-state index in [4.69, 9.17) is 4.98 Å². The predicted octanol–water partition coefficient (Wildman–Crippen LogP) is 1.72. The van der Waals surface area contributed by atoms with Crippen LogP contribution in [0.5, 0.6) is 0 Å². The quantitative estimate of drug-likeness (QED) is 0.831. The van der Waals surface area contributed by atoms with E-state index in [-0.39, 0.29) is 5.56 Å². The fourth-order valence-electron chi connectivity index (χ4n) is 3.47. The van der Waals surface area contributed by atoms with Crippen molar-refractivity contribution >= 4 is 5.65 Å². The van der Waals surface area contributed by atoms with Gasteiger partial charge in [0.1, 0.15) is 0 Å². The van der Waals surface area contributed by atoms with Crippen molar-refractivity contribution in [2.45, 2.75) is 51.0 Å². The normalized spacial score (nSPS) is 22.9. The predicted molar refractivity (Wildman–Crippen MR) is 77.0 cm³/mol. The summed E-state index contributed by atoms with van der Waals surface area (Å²) in [5, 5.41) is 6.77. The van der Waals surface area contributed by atoms with E-state index in [9.17, 15) is 4.79 Å². The van der Waals surface area contributed by atoms with E-state index in [0.717, 1.165) is 61.2 Å². The maximum atomic E-state index is 12.5. The van der Waals surface area contributed by atoms with E-state index in [1.807, 2.05) is 6.07 Å². The zero-order valence-corrected chi connectivity index (χ0v) is 11.6. The lowest BCUT2D eigenvalue weighted by Crippen LogP contribution is -2.28. The van der Waals surface area contributed by atoms with Gasteiger partial charge in [-0.3, -0.25) is 9.89 Å². The number of nitrogens with one attached hydrogen (secondary N) is 2. The molecule has 1 fully saturated rings.